The number of hydrogen-bond acceptors (Lipinski definition) is 4. The van der Waals surface area contributed by atoms with Crippen LogP contribution in [-0.2, 0) is 0 Å². The smallest absolute Gasteiger partial charge is 0.404 e. The Hall–Kier alpha value is -1.54. The van der Waals surface area contributed by atoms with Crippen LogP contribution in [0.15, 0.2) is 0 Å². The van der Waals surface area contributed by atoms with Gasteiger partial charge in [0.15, 0.2) is 0 Å². The van der Waals surface area contributed by atoms with Crippen molar-refractivity contribution < 1.29 is 19.8 Å². The molecule has 0 heterocycles. The molecule has 138 valence electrons. The molecule has 0 saturated heterocycles. The van der Waals surface area contributed by atoms with E-state index < -0.39 is 12.2 Å². The van der Waals surface area contributed by atoms with Gasteiger partial charge in [0, 0.05) is 37.0 Å². The molecule has 6 N–H and O–H groups in total. The van der Waals surface area contributed by atoms with Crippen LogP contribution in [0.4, 0.5) is 9.59 Å². The molecular formula is C16H30N4O4. The second-order valence-corrected chi connectivity index (χ2v) is 7.38. The standard InChI is InChI=1S/C16H30N4O4/c21-13(22)19-11-15(3-4-15)9-17-7-1-2-8-18-10-16(5-6-16)12-20-14(23)24/h17-20H,1-12H2,(H,21,22)(H,23,24). The predicted octanol–water partition coefficient (Wildman–Crippen LogP) is 1.04. The Morgan fingerprint density at radius 2 is 1.08 bits per heavy atom. The van der Waals surface area contributed by atoms with E-state index in [1.54, 1.807) is 0 Å². The van der Waals surface area contributed by atoms with Gasteiger partial charge in [-0.25, -0.2) is 9.59 Å². The molecule has 2 aliphatic carbocycles. The quantitative estimate of drug-likeness (QED) is 0.278. The van der Waals surface area contributed by atoms with Crippen molar-refractivity contribution in [1.29, 1.82) is 0 Å². The summed E-state index contributed by atoms with van der Waals surface area (Å²) < 4.78 is 0. The summed E-state index contributed by atoms with van der Waals surface area (Å²) >= 11 is 0. The second-order valence-electron chi connectivity index (χ2n) is 7.38. The number of carbonyl (C=O) groups is 2. The van der Waals surface area contributed by atoms with E-state index in [1.165, 1.54) is 0 Å². The SMILES string of the molecule is O=C(O)NCC1(CNCCCCNCC2(CNC(=O)O)CC2)CC1. The Balaban J connectivity index is 1.41. The number of hydrogen-bond donors (Lipinski definition) is 6. The van der Waals surface area contributed by atoms with Gasteiger partial charge in [0.05, 0.1) is 0 Å². The van der Waals surface area contributed by atoms with E-state index in [1.807, 2.05) is 0 Å². The van der Waals surface area contributed by atoms with Crippen molar-refractivity contribution in [3.63, 3.8) is 0 Å². The van der Waals surface area contributed by atoms with Crippen molar-refractivity contribution in [2.45, 2.75) is 38.5 Å². The molecule has 0 aromatic rings. The fourth-order valence-corrected chi connectivity index (χ4v) is 2.92. The first-order chi connectivity index (χ1) is 11.5. The van der Waals surface area contributed by atoms with E-state index in [2.05, 4.69) is 21.3 Å². The maximum Gasteiger partial charge on any atom is 0.404 e. The van der Waals surface area contributed by atoms with Gasteiger partial charge in [-0.05, 0) is 51.6 Å². The zero-order chi connectivity index (χ0) is 17.5. The summed E-state index contributed by atoms with van der Waals surface area (Å²) in [5.74, 6) is 0. The molecule has 2 aliphatic rings. The van der Waals surface area contributed by atoms with E-state index >= 15 is 0 Å². The molecule has 2 fully saturated rings. The van der Waals surface area contributed by atoms with E-state index in [0.717, 1.165) is 64.7 Å². The van der Waals surface area contributed by atoms with Crippen LogP contribution in [0.5, 0.6) is 0 Å². The van der Waals surface area contributed by atoms with Gasteiger partial charge in [-0.1, -0.05) is 0 Å². The van der Waals surface area contributed by atoms with Crippen molar-refractivity contribution in [2.24, 2.45) is 10.8 Å². The first kappa shape index (κ1) is 18.8. The van der Waals surface area contributed by atoms with Crippen molar-refractivity contribution in [2.75, 3.05) is 39.3 Å². The highest BCUT2D eigenvalue weighted by Crippen LogP contribution is 2.44. The van der Waals surface area contributed by atoms with E-state index in [0.29, 0.717) is 13.1 Å². The molecule has 0 aliphatic heterocycles. The average Bonchev–Trinajstić information content (AvgIpc) is 3.44. The third-order valence-electron chi connectivity index (χ3n) is 5.10. The lowest BCUT2D eigenvalue weighted by Gasteiger charge is -2.17. The van der Waals surface area contributed by atoms with Crippen LogP contribution in [0, 0.1) is 10.8 Å². The van der Waals surface area contributed by atoms with Gasteiger partial charge in [0.1, 0.15) is 0 Å². The minimum absolute atomic E-state index is 0.145. The lowest BCUT2D eigenvalue weighted by Crippen LogP contribution is -2.36. The lowest BCUT2D eigenvalue weighted by atomic mass is 10.1. The van der Waals surface area contributed by atoms with Gasteiger partial charge >= 0.3 is 12.2 Å². The molecule has 8 heteroatoms. The maximum absolute atomic E-state index is 10.5. The first-order valence-electron chi connectivity index (χ1n) is 8.81. The minimum Gasteiger partial charge on any atom is -0.465 e. The zero-order valence-corrected chi connectivity index (χ0v) is 14.2. The summed E-state index contributed by atoms with van der Waals surface area (Å²) in [7, 11) is 0. The molecule has 2 saturated carbocycles. The van der Waals surface area contributed by atoms with E-state index in [9.17, 15) is 9.59 Å². The number of nitrogens with one attached hydrogen (secondary N) is 4. The second kappa shape index (κ2) is 8.53. The number of amides is 2. The Morgan fingerprint density at radius 1 is 0.708 bits per heavy atom. The molecule has 2 amide bonds. The summed E-state index contributed by atoms with van der Waals surface area (Å²) in [5, 5.41) is 29.1. The van der Waals surface area contributed by atoms with Gasteiger partial charge in [-0.2, -0.15) is 0 Å². The van der Waals surface area contributed by atoms with Crippen LogP contribution < -0.4 is 21.3 Å². The minimum atomic E-state index is -0.945. The van der Waals surface area contributed by atoms with Crippen LogP contribution in [-0.4, -0.2) is 61.7 Å². The summed E-state index contributed by atoms with van der Waals surface area (Å²) in [4.78, 5) is 21.1. The van der Waals surface area contributed by atoms with Gasteiger partial charge < -0.3 is 31.5 Å². The molecule has 0 aromatic heterocycles. The highest BCUT2D eigenvalue weighted by molar-refractivity contribution is 5.64. The predicted molar refractivity (Wildman–Crippen MR) is 90.4 cm³/mol. The third-order valence-corrected chi connectivity index (χ3v) is 5.10. The van der Waals surface area contributed by atoms with Crippen LogP contribution in [0.3, 0.4) is 0 Å². The molecule has 24 heavy (non-hydrogen) atoms. The van der Waals surface area contributed by atoms with Crippen molar-refractivity contribution in [3.05, 3.63) is 0 Å². The highest BCUT2D eigenvalue weighted by atomic mass is 16.4. The average molecular weight is 342 g/mol. The molecule has 0 bridgehead atoms. The number of carboxylic acid groups (broad SMARTS) is 2. The van der Waals surface area contributed by atoms with Gasteiger partial charge in [-0.15, -0.1) is 0 Å². The highest BCUT2D eigenvalue weighted by Gasteiger charge is 2.42. The Morgan fingerprint density at radius 3 is 1.38 bits per heavy atom. The summed E-state index contributed by atoms with van der Waals surface area (Å²) in [6.07, 6.45) is 4.63. The van der Waals surface area contributed by atoms with Crippen molar-refractivity contribution >= 4 is 12.2 Å². The topological polar surface area (TPSA) is 123 Å². The van der Waals surface area contributed by atoms with Gasteiger partial charge in [0.25, 0.3) is 0 Å². The van der Waals surface area contributed by atoms with Crippen LogP contribution in [0.2, 0.25) is 0 Å². The largest absolute Gasteiger partial charge is 0.465 e. The fourth-order valence-electron chi connectivity index (χ4n) is 2.92. The summed E-state index contributed by atoms with van der Waals surface area (Å²) in [6.45, 7) is 4.74. The fraction of sp³-hybridized carbons (Fsp3) is 0.875. The van der Waals surface area contributed by atoms with Crippen LogP contribution in [0.1, 0.15) is 38.5 Å². The van der Waals surface area contributed by atoms with Crippen molar-refractivity contribution in [1.82, 2.24) is 21.3 Å². The van der Waals surface area contributed by atoms with Gasteiger partial charge in [-0.3, -0.25) is 0 Å². The van der Waals surface area contributed by atoms with Crippen LogP contribution >= 0.6 is 0 Å². The van der Waals surface area contributed by atoms with Gasteiger partial charge in [0.2, 0.25) is 0 Å². The Bertz CT molecular complexity index is 396. The molecule has 2 rings (SSSR count). The monoisotopic (exact) mass is 342 g/mol. The Kier molecular flexibility index (Phi) is 6.68. The maximum atomic E-state index is 10.5. The molecule has 0 atom stereocenters. The molecule has 0 radical (unpaired) electrons. The summed E-state index contributed by atoms with van der Waals surface area (Å²) in [6, 6.07) is 0. The molecular weight excluding hydrogens is 312 g/mol. The molecule has 8 nitrogen and oxygen atoms in total. The molecule has 0 spiro atoms. The zero-order valence-electron chi connectivity index (χ0n) is 14.2. The van der Waals surface area contributed by atoms with Crippen molar-refractivity contribution in [3.8, 4) is 0 Å². The van der Waals surface area contributed by atoms with E-state index in [-0.39, 0.29) is 10.8 Å². The normalized spacial score (nSPS) is 19.5. The van der Waals surface area contributed by atoms with Crippen LogP contribution in [0.25, 0.3) is 0 Å². The lowest BCUT2D eigenvalue weighted by molar-refractivity contribution is 0.190. The summed E-state index contributed by atoms with van der Waals surface area (Å²) in [5.41, 5.74) is 0.290. The van der Waals surface area contributed by atoms with E-state index in [4.69, 9.17) is 10.2 Å². The Labute approximate surface area is 142 Å². The number of rotatable bonds is 13. The first-order valence-corrected chi connectivity index (χ1v) is 8.81. The molecule has 0 aromatic carbocycles. The third kappa shape index (κ3) is 6.92. The number of unbranched alkanes of at least 4 members (excludes halogenated alkanes) is 1. The molecule has 0 unspecified atom stereocenters.